The standard InChI is InChI=1S/C20H26FN3O4S2/c1-3-23(4-2)29(25,26)19-9-11-20(12-10-19)30(27,28)24-15-13-22(14-16-24)18-7-5-17(21)6-8-18/h5-12H,3-4,13-16H2,1-2H3. The van der Waals surface area contributed by atoms with E-state index in [2.05, 4.69) is 0 Å². The summed E-state index contributed by atoms with van der Waals surface area (Å²) in [5, 5.41) is 0. The molecule has 0 radical (unpaired) electrons. The number of nitrogens with zero attached hydrogens (tertiary/aromatic N) is 3. The van der Waals surface area contributed by atoms with Gasteiger partial charge in [-0.1, -0.05) is 13.8 Å². The normalized spacial score (nSPS) is 16.2. The third-order valence-corrected chi connectivity index (χ3v) is 9.21. The molecule has 0 N–H and O–H groups in total. The van der Waals surface area contributed by atoms with E-state index in [1.807, 2.05) is 4.90 Å². The molecule has 0 spiro atoms. The van der Waals surface area contributed by atoms with Crippen LogP contribution in [-0.4, -0.2) is 64.7 Å². The molecule has 0 amide bonds. The molecule has 1 saturated heterocycles. The van der Waals surface area contributed by atoms with Crippen LogP contribution in [0.1, 0.15) is 13.8 Å². The zero-order valence-electron chi connectivity index (χ0n) is 17.0. The summed E-state index contributed by atoms with van der Waals surface area (Å²) in [6.45, 7) is 5.75. The summed E-state index contributed by atoms with van der Waals surface area (Å²) < 4.78 is 66.9. The van der Waals surface area contributed by atoms with Gasteiger partial charge < -0.3 is 4.90 Å². The van der Waals surface area contributed by atoms with Crippen molar-refractivity contribution in [3.8, 4) is 0 Å². The number of piperazine rings is 1. The molecule has 2 aromatic carbocycles. The van der Waals surface area contributed by atoms with Crippen LogP contribution in [0.2, 0.25) is 0 Å². The van der Waals surface area contributed by atoms with Crippen molar-refractivity contribution in [2.45, 2.75) is 23.6 Å². The average molecular weight is 456 g/mol. The van der Waals surface area contributed by atoms with Crippen LogP contribution in [0.5, 0.6) is 0 Å². The van der Waals surface area contributed by atoms with Gasteiger partial charge in [0.15, 0.2) is 0 Å². The van der Waals surface area contributed by atoms with Gasteiger partial charge in [-0.25, -0.2) is 21.2 Å². The molecule has 2 aromatic rings. The van der Waals surface area contributed by atoms with Gasteiger partial charge >= 0.3 is 0 Å². The van der Waals surface area contributed by atoms with Crippen LogP contribution >= 0.6 is 0 Å². The van der Waals surface area contributed by atoms with Crippen LogP contribution in [0.4, 0.5) is 10.1 Å². The Hall–Kier alpha value is -2.01. The number of hydrogen-bond acceptors (Lipinski definition) is 5. The zero-order chi connectivity index (χ0) is 21.9. The fourth-order valence-electron chi connectivity index (χ4n) is 3.48. The highest BCUT2D eigenvalue weighted by atomic mass is 32.2. The van der Waals surface area contributed by atoms with E-state index in [4.69, 9.17) is 0 Å². The minimum absolute atomic E-state index is 0.0660. The van der Waals surface area contributed by atoms with Crippen LogP contribution in [-0.2, 0) is 20.0 Å². The number of rotatable bonds is 7. The van der Waals surface area contributed by atoms with E-state index in [0.717, 1.165) is 5.69 Å². The highest BCUT2D eigenvalue weighted by molar-refractivity contribution is 7.89. The van der Waals surface area contributed by atoms with E-state index in [9.17, 15) is 21.2 Å². The summed E-state index contributed by atoms with van der Waals surface area (Å²) in [4.78, 5) is 2.15. The van der Waals surface area contributed by atoms with E-state index < -0.39 is 20.0 Å². The summed E-state index contributed by atoms with van der Waals surface area (Å²) in [5.74, 6) is -0.314. The van der Waals surface area contributed by atoms with Gasteiger partial charge in [0, 0.05) is 45.0 Å². The summed E-state index contributed by atoms with van der Waals surface area (Å²) >= 11 is 0. The molecule has 0 unspecified atom stereocenters. The Morgan fingerprint density at radius 3 is 1.80 bits per heavy atom. The molecule has 7 nitrogen and oxygen atoms in total. The van der Waals surface area contributed by atoms with E-state index in [1.165, 1.54) is 45.0 Å². The third-order valence-electron chi connectivity index (χ3n) is 5.24. The number of halogens is 1. The lowest BCUT2D eigenvalue weighted by Crippen LogP contribution is -2.48. The fraction of sp³-hybridized carbons (Fsp3) is 0.400. The van der Waals surface area contributed by atoms with Crippen molar-refractivity contribution in [2.24, 2.45) is 0 Å². The Kier molecular flexibility index (Phi) is 6.81. The summed E-state index contributed by atoms with van der Waals surface area (Å²) in [6, 6.07) is 11.5. The fourth-order valence-corrected chi connectivity index (χ4v) is 6.36. The predicted octanol–water partition coefficient (Wildman–Crippen LogP) is 2.37. The summed E-state index contributed by atoms with van der Waals surface area (Å²) in [6.07, 6.45) is 0. The molecule has 0 aliphatic carbocycles. The number of anilines is 1. The van der Waals surface area contributed by atoms with Gasteiger partial charge in [0.2, 0.25) is 20.0 Å². The molecular weight excluding hydrogens is 429 g/mol. The molecule has 0 atom stereocenters. The predicted molar refractivity (Wildman–Crippen MR) is 114 cm³/mol. The largest absolute Gasteiger partial charge is 0.369 e. The molecule has 1 aliphatic rings. The van der Waals surface area contributed by atoms with E-state index >= 15 is 0 Å². The van der Waals surface area contributed by atoms with Crippen molar-refractivity contribution >= 4 is 25.7 Å². The van der Waals surface area contributed by atoms with Gasteiger partial charge in [-0.15, -0.1) is 0 Å². The topological polar surface area (TPSA) is 78.0 Å². The summed E-state index contributed by atoms with van der Waals surface area (Å²) in [5.41, 5.74) is 0.847. The second-order valence-corrected chi connectivity index (χ2v) is 10.8. The second-order valence-electron chi connectivity index (χ2n) is 6.93. The molecule has 164 valence electrons. The Morgan fingerprint density at radius 1 is 0.800 bits per heavy atom. The quantitative estimate of drug-likeness (QED) is 0.641. The second kappa shape index (κ2) is 9.01. The lowest BCUT2D eigenvalue weighted by atomic mass is 10.2. The highest BCUT2D eigenvalue weighted by Gasteiger charge is 2.29. The molecule has 1 heterocycles. The van der Waals surface area contributed by atoms with Crippen LogP contribution in [0, 0.1) is 5.82 Å². The van der Waals surface area contributed by atoms with Gasteiger partial charge in [0.25, 0.3) is 0 Å². The SMILES string of the molecule is CCN(CC)S(=O)(=O)c1ccc(S(=O)(=O)N2CCN(c3ccc(F)cc3)CC2)cc1. The number of sulfonamides is 2. The van der Waals surface area contributed by atoms with Gasteiger partial charge in [-0.2, -0.15) is 8.61 Å². The molecule has 1 aliphatic heterocycles. The third kappa shape index (κ3) is 4.51. The number of hydrogen-bond donors (Lipinski definition) is 0. The Morgan fingerprint density at radius 2 is 1.30 bits per heavy atom. The van der Waals surface area contributed by atoms with Gasteiger partial charge in [-0.3, -0.25) is 0 Å². The summed E-state index contributed by atoms with van der Waals surface area (Å²) in [7, 11) is -7.37. The van der Waals surface area contributed by atoms with Crippen LogP contribution < -0.4 is 4.90 Å². The van der Waals surface area contributed by atoms with Crippen molar-refractivity contribution in [3.05, 3.63) is 54.3 Å². The maximum absolute atomic E-state index is 13.1. The van der Waals surface area contributed by atoms with Crippen molar-refractivity contribution in [1.82, 2.24) is 8.61 Å². The van der Waals surface area contributed by atoms with Gasteiger partial charge in [-0.05, 0) is 48.5 Å². The van der Waals surface area contributed by atoms with E-state index in [-0.39, 0.29) is 15.6 Å². The van der Waals surface area contributed by atoms with Crippen LogP contribution in [0.25, 0.3) is 0 Å². The molecule has 0 aromatic heterocycles. The highest BCUT2D eigenvalue weighted by Crippen LogP contribution is 2.23. The van der Waals surface area contributed by atoms with Crippen LogP contribution in [0.15, 0.2) is 58.3 Å². The lowest BCUT2D eigenvalue weighted by molar-refractivity contribution is 0.385. The van der Waals surface area contributed by atoms with Crippen molar-refractivity contribution < 1.29 is 21.2 Å². The average Bonchev–Trinajstić information content (AvgIpc) is 2.75. The van der Waals surface area contributed by atoms with Gasteiger partial charge in [0.05, 0.1) is 9.79 Å². The number of benzene rings is 2. The Balaban J connectivity index is 1.72. The smallest absolute Gasteiger partial charge is 0.243 e. The van der Waals surface area contributed by atoms with Crippen molar-refractivity contribution in [1.29, 1.82) is 0 Å². The van der Waals surface area contributed by atoms with Crippen LogP contribution in [0.3, 0.4) is 0 Å². The zero-order valence-corrected chi connectivity index (χ0v) is 18.7. The Bertz CT molecular complexity index is 1060. The maximum Gasteiger partial charge on any atom is 0.243 e. The minimum atomic E-state index is -3.73. The van der Waals surface area contributed by atoms with Gasteiger partial charge in [0.1, 0.15) is 5.82 Å². The molecule has 0 saturated carbocycles. The first-order chi connectivity index (χ1) is 14.2. The van der Waals surface area contributed by atoms with E-state index in [1.54, 1.807) is 26.0 Å². The monoisotopic (exact) mass is 455 g/mol. The molecule has 30 heavy (non-hydrogen) atoms. The molecular formula is C20H26FN3O4S2. The van der Waals surface area contributed by atoms with Crippen molar-refractivity contribution in [3.63, 3.8) is 0 Å². The molecule has 3 rings (SSSR count). The Labute approximate surface area is 177 Å². The first-order valence-corrected chi connectivity index (χ1v) is 12.7. The first-order valence-electron chi connectivity index (χ1n) is 9.81. The maximum atomic E-state index is 13.1. The molecule has 10 heteroatoms. The lowest BCUT2D eigenvalue weighted by Gasteiger charge is -2.35. The molecule has 1 fully saturated rings. The van der Waals surface area contributed by atoms with E-state index in [0.29, 0.717) is 39.3 Å². The minimum Gasteiger partial charge on any atom is -0.369 e. The van der Waals surface area contributed by atoms with Crippen molar-refractivity contribution in [2.75, 3.05) is 44.2 Å². The first kappa shape index (κ1) is 22.7. The molecule has 0 bridgehead atoms.